The number of likely N-dealkylation sites (tertiary alicyclic amines) is 1. The molecule has 0 aromatic rings. The minimum atomic E-state index is -1.04. The molecule has 1 rings (SSSR count). The molecule has 1 fully saturated rings. The molecular weight excluding hydrogens is 276 g/mol. The summed E-state index contributed by atoms with van der Waals surface area (Å²) in [6, 6.07) is -1.84. The molecule has 21 heavy (non-hydrogen) atoms. The predicted molar refractivity (Wildman–Crippen MR) is 75.5 cm³/mol. The summed E-state index contributed by atoms with van der Waals surface area (Å²) in [6.07, 6.45) is 1.03. The van der Waals surface area contributed by atoms with Crippen molar-refractivity contribution in [3.8, 4) is 0 Å². The summed E-state index contributed by atoms with van der Waals surface area (Å²) >= 11 is 0. The smallest absolute Gasteiger partial charge is 0.326 e. The van der Waals surface area contributed by atoms with Crippen LogP contribution in [0.2, 0.25) is 0 Å². The molecular formula is C14H24N2O5. The third kappa shape index (κ3) is 4.17. The Morgan fingerprint density at radius 1 is 1.29 bits per heavy atom. The fraction of sp³-hybridized carbons (Fsp3) is 0.786. The lowest BCUT2D eigenvalue weighted by molar-refractivity contribution is -0.150. The quantitative estimate of drug-likeness (QED) is 0.681. The fourth-order valence-electron chi connectivity index (χ4n) is 2.68. The van der Waals surface area contributed by atoms with E-state index in [1.807, 2.05) is 0 Å². The number of nitrogens with zero attached hydrogens (tertiary/aromatic N) is 1. The van der Waals surface area contributed by atoms with Crippen LogP contribution in [0.15, 0.2) is 0 Å². The lowest BCUT2D eigenvalue weighted by Crippen LogP contribution is -2.50. The first-order valence-corrected chi connectivity index (χ1v) is 7.07. The molecule has 1 saturated heterocycles. The van der Waals surface area contributed by atoms with Gasteiger partial charge in [-0.25, -0.2) is 4.79 Å². The number of aliphatic carboxylic acids is 2. The van der Waals surface area contributed by atoms with E-state index in [1.165, 1.54) is 4.90 Å². The molecule has 1 amide bonds. The highest BCUT2D eigenvalue weighted by molar-refractivity contribution is 5.88. The van der Waals surface area contributed by atoms with Gasteiger partial charge in [-0.15, -0.1) is 0 Å². The van der Waals surface area contributed by atoms with E-state index in [0.717, 1.165) is 0 Å². The zero-order valence-electron chi connectivity index (χ0n) is 12.7. The van der Waals surface area contributed by atoms with Gasteiger partial charge in [-0.2, -0.15) is 0 Å². The van der Waals surface area contributed by atoms with Crippen molar-refractivity contribution in [1.82, 2.24) is 4.90 Å². The number of carbonyl (C=O) groups excluding carboxylic acids is 1. The van der Waals surface area contributed by atoms with E-state index in [0.29, 0.717) is 19.4 Å². The molecule has 1 aliphatic rings. The molecule has 4 N–H and O–H groups in total. The minimum Gasteiger partial charge on any atom is -0.481 e. The Morgan fingerprint density at radius 2 is 1.86 bits per heavy atom. The zero-order chi connectivity index (χ0) is 16.4. The van der Waals surface area contributed by atoms with Gasteiger partial charge in [0, 0.05) is 6.54 Å². The van der Waals surface area contributed by atoms with Crippen molar-refractivity contribution in [3.05, 3.63) is 0 Å². The van der Waals surface area contributed by atoms with Gasteiger partial charge in [0.15, 0.2) is 0 Å². The van der Waals surface area contributed by atoms with Crippen molar-refractivity contribution in [2.24, 2.45) is 17.1 Å². The molecule has 0 spiro atoms. The number of carboxylic acids is 2. The lowest BCUT2D eigenvalue weighted by atomic mass is 9.77. The van der Waals surface area contributed by atoms with Crippen LogP contribution in [0.5, 0.6) is 0 Å². The number of amides is 1. The van der Waals surface area contributed by atoms with Gasteiger partial charge in [-0.05, 0) is 24.7 Å². The van der Waals surface area contributed by atoms with Gasteiger partial charge in [0.2, 0.25) is 5.91 Å². The van der Waals surface area contributed by atoms with Gasteiger partial charge >= 0.3 is 11.9 Å². The van der Waals surface area contributed by atoms with Crippen molar-refractivity contribution < 1.29 is 24.6 Å². The van der Waals surface area contributed by atoms with Crippen molar-refractivity contribution in [1.29, 1.82) is 0 Å². The average molecular weight is 300 g/mol. The van der Waals surface area contributed by atoms with E-state index >= 15 is 0 Å². The second-order valence-corrected chi connectivity index (χ2v) is 6.63. The molecule has 0 saturated carbocycles. The molecule has 1 heterocycles. The maximum atomic E-state index is 12.3. The Kier molecular flexibility index (Phi) is 5.33. The van der Waals surface area contributed by atoms with Gasteiger partial charge in [0.1, 0.15) is 6.04 Å². The van der Waals surface area contributed by atoms with Gasteiger partial charge in [0.05, 0.1) is 12.0 Å². The molecule has 0 bridgehead atoms. The van der Waals surface area contributed by atoms with Crippen LogP contribution in [-0.2, 0) is 14.4 Å². The maximum absolute atomic E-state index is 12.3. The van der Waals surface area contributed by atoms with Gasteiger partial charge in [-0.3, -0.25) is 9.59 Å². The van der Waals surface area contributed by atoms with Crippen LogP contribution in [-0.4, -0.2) is 51.6 Å². The lowest BCUT2D eigenvalue weighted by Gasteiger charge is -2.31. The van der Waals surface area contributed by atoms with Crippen LogP contribution in [0.4, 0.5) is 0 Å². The van der Waals surface area contributed by atoms with Crippen LogP contribution >= 0.6 is 0 Å². The van der Waals surface area contributed by atoms with E-state index < -0.39 is 41.3 Å². The predicted octanol–water partition coefficient (Wildman–Crippen LogP) is 0.526. The third-order valence-corrected chi connectivity index (χ3v) is 3.97. The monoisotopic (exact) mass is 300 g/mol. The van der Waals surface area contributed by atoms with E-state index in [9.17, 15) is 19.5 Å². The summed E-state index contributed by atoms with van der Waals surface area (Å²) in [5.41, 5.74) is 5.32. The molecule has 3 atom stereocenters. The van der Waals surface area contributed by atoms with Crippen molar-refractivity contribution in [2.75, 3.05) is 6.54 Å². The Hall–Kier alpha value is -1.63. The third-order valence-electron chi connectivity index (χ3n) is 3.97. The fourth-order valence-corrected chi connectivity index (χ4v) is 2.68. The van der Waals surface area contributed by atoms with Crippen LogP contribution < -0.4 is 5.73 Å². The number of carbonyl (C=O) groups is 3. The number of hydrogen-bond acceptors (Lipinski definition) is 4. The maximum Gasteiger partial charge on any atom is 0.326 e. The SMILES string of the molecule is CC(C)(C)C(C[C@H](N)C(=O)N1CCC[C@H]1C(=O)O)C(=O)O. The molecule has 0 radical (unpaired) electrons. The zero-order valence-corrected chi connectivity index (χ0v) is 12.7. The summed E-state index contributed by atoms with van der Waals surface area (Å²) < 4.78 is 0. The van der Waals surface area contributed by atoms with E-state index in [1.54, 1.807) is 20.8 Å². The van der Waals surface area contributed by atoms with Crippen molar-refractivity contribution in [3.63, 3.8) is 0 Å². The van der Waals surface area contributed by atoms with Crippen LogP contribution in [0.1, 0.15) is 40.0 Å². The summed E-state index contributed by atoms with van der Waals surface area (Å²) in [6.45, 7) is 5.69. The van der Waals surface area contributed by atoms with Crippen LogP contribution in [0.3, 0.4) is 0 Å². The van der Waals surface area contributed by atoms with Crippen LogP contribution in [0.25, 0.3) is 0 Å². The Bertz CT molecular complexity index is 430. The highest BCUT2D eigenvalue weighted by Crippen LogP contribution is 2.30. The van der Waals surface area contributed by atoms with E-state index in [4.69, 9.17) is 10.8 Å². The van der Waals surface area contributed by atoms with Gasteiger partial charge in [-0.1, -0.05) is 20.8 Å². The Labute approximate surface area is 124 Å². The molecule has 7 heteroatoms. The largest absolute Gasteiger partial charge is 0.481 e. The van der Waals surface area contributed by atoms with Crippen molar-refractivity contribution >= 4 is 17.8 Å². The normalized spacial score (nSPS) is 21.9. The minimum absolute atomic E-state index is 0.000502. The number of rotatable bonds is 5. The first-order chi connectivity index (χ1) is 9.55. The Balaban J connectivity index is 2.78. The summed E-state index contributed by atoms with van der Waals surface area (Å²) in [5, 5.41) is 18.4. The standard InChI is InChI=1S/C14H24N2O5/c1-14(2,3)8(12(18)19)7-9(15)11(17)16-6-4-5-10(16)13(20)21/h8-10H,4-7,15H2,1-3H3,(H,18,19)(H,20,21)/t8?,9-,10-/m0/s1. The molecule has 0 aromatic heterocycles. The first-order valence-electron chi connectivity index (χ1n) is 7.07. The second-order valence-electron chi connectivity index (χ2n) is 6.63. The topological polar surface area (TPSA) is 121 Å². The molecule has 120 valence electrons. The van der Waals surface area contributed by atoms with E-state index in [2.05, 4.69) is 0 Å². The number of hydrogen-bond donors (Lipinski definition) is 3. The number of carboxylic acid groups (broad SMARTS) is 2. The molecule has 0 aliphatic carbocycles. The van der Waals surface area contributed by atoms with Gasteiger partial charge in [0.25, 0.3) is 0 Å². The highest BCUT2D eigenvalue weighted by atomic mass is 16.4. The molecule has 1 aliphatic heterocycles. The summed E-state index contributed by atoms with van der Waals surface area (Å²) in [7, 11) is 0. The average Bonchev–Trinajstić information content (AvgIpc) is 2.81. The molecule has 0 aromatic carbocycles. The summed E-state index contributed by atoms with van der Waals surface area (Å²) in [5.74, 6) is -3.28. The number of nitrogens with two attached hydrogens (primary N) is 1. The molecule has 7 nitrogen and oxygen atoms in total. The Morgan fingerprint density at radius 3 is 2.29 bits per heavy atom. The van der Waals surface area contributed by atoms with E-state index in [-0.39, 0.29) is 6.42 Å². The summed E-state index contributed by atoms with van der Waals surface area (Å²) in [4.78, 5) is 36.0. The highest BCUT2D eigenvalue weighted by Gasteiger charge is 2.39. The van der Waals surface area contributed by atoms with Crippen LogP contribution in [0, 0.1) is 11.3 Å². The van der Waals surface area contributed by atoms with Gasteiger partial charge < -0.3 is 20.8 Å². The molecule has 1 unspecified atom stereocenters. The van der Waals surface area contributed by atoms with Crippen molar-refractivity contribution in [2.45, 2.75) is 52.1 Å². The second kappa shape index (κ2) is 6.43. The first kappa shape index (κ1) is 17.4.